The van der Waals surface area contributed by atoms with Crippen molar-refractivity contribution in [2.24, 2.45) is 0 Å². The van der Waals surface area contributed by atoms with E-state index in [9.17, 15) is 18.5 Å². The third kappa shape index (κ3) is 4.54. The number of hydrogen-bond acceptors (Lipinski definition) is 5. The van der Waals surface area contributed by atoms with Gasteiger partial charge >= 0.3 is 10.3 Å². The third-order valence-electron chi connectivity index (χ3n) is 2.83. The lowest BCUT2D eigenvalue weighted by Gasteiger charge is -2.08. The maximum absolute atomic E-state index is 11.8. The number of nitrogens with one attached hydrogen (secondary N) is 1. The predicted molar refractivity (Wildman–Crippen MR) is 80.7 cm³/mol. The minimum atomic E-state index is -4.00. The van der Waals surface area contributed by atoms with Crippen LogP contribution in [0.2, 0.25) is 0 Å². The van der Waals surface area contributed by atoms with Crippen molar-refractivity contribution >= 4 is 16.0 Å². The molecule has 1 N–H and O–H groups in total. The van der Waals surface area contributed by atoms with Crippen LogP contribution in [0.5, 0.6) is 5.75 Å². The Morgan fingerprint density at radius 2 is 1.68 bits per heavy atom. The molecule has 0 aliphatic rings. The summed E-state index contributed by atoms with van der Waals surface area (Å²) in [7, 11) is -4.00. The van der Waals surface area contributed by atoms with Crippen molar-refractivity contribution in [1.82, 2.24) is 4.72 Å². The van der Waals surface area contributed by atoms with Crippen molar-refractivity contribution < 1.29 is 17.5 Å². The van der Waals surface area contributed by atoms with Gasteiger partial charge in [-0.1, -0.05) is 29.8 Å². The van der Waals surface area contributed by atoms with Gasteiger partial charge in [-0.2, -0.15) is 13.1 Å². The molecule has 0 aliphatic carbocycles. The number of hydrogen-bond donors (Lipinski definition) is 1. The van der Waals surface area contributed by atoms with E-state index < -0.39 is 15.2 Å². The van der Waals surface area contributed by atoms with Crippen molar-refractivity contribution in [2.75, 3.05) is 0 Å². The molecule has 7 nitrogen and oxygen atoms in total. The molecule has 0 atom stereocenters. The highest BCUT2D eigenvalue weighted by atomic mass is 32.2. The van der Waals surface area contributed by atoms with E-state index >= 15 is 0 Å². The van der Waals surface area contributed by atoms with Gasteiger partial charge in [0.1, 0.15) is 5.75 Å². The number of non-ortho nitro benzene ring substituents is 1. The first-order valence-electron chi connectivity index (χ1n) is 6.35. The average molecular weight is 322 g/mol. The number of aryl methyl sites for hydroxylation is 1. The van der Waals surface area contributed by atoms with Gasteiger partial charge in [-0.15, -0.1) is 0 Å². The molecule has 0 aliphatic heterocycles. The van der Waals surface area contributed by atoms with Gasteiger partial charge in [-0.05, 0) is 24.6 Å². The number of rotatable bonds is 6. The minimum Gasteiger partial charge on any atom is -0.371 e. The molecule has 0 spiro atoms. The fraction of sp³-hybridized carbons (Fsp3) is 0.143. The summed E-state index contributed by atoms with van der Waals surface area (Å²) in [4.78, 5) is 9.94. The van der Waals surface area contributed by atoms with E-state index in [4.69, 9.17) is 4.18 Å². The van der Waals surface area contributed by atoms with Gasteiger partial charge in [0, 0.05) is 18.7 Å². The van der Waals surface area contributed by atoms with Gasteiger partial charge < -0.3 is 4.18 Å². The first kappa shape index (κ1) is 15.9. The largest absolute Gasteiger partial charge is 0.382 e. The Labute approximate surface area is 128 Å². The van der Waals surface area contributed by atoms with Gasteiger partial charge in [0.15, 0.2) is 0 Å². The second-order valence-corrected chi connectivity index (χ2v) is 5.96. The summed E-state index contributed by atoms with van der Waals surface area (Å²) in [5, 5.41) is 10.5. The molecule has 22 heavy (non-hydrogen) atoms. The maximum Gasteiger partial charge on any atom is 0.382 e. The van der Waals surface area contributed by atoms with Crippen molar-refractivity contribution in [3.63, 3.8) is 0 Å². The van der Waals surface area contributed by atoms with E-state index in [0.717, 1.165) is 11.1 Å². The molecule has 0 unspecified atom stereocenters. The predicted octanol–water partition coefficient (Wildman–Crippen LogP) is 2.32. The minimum absolute atomic E-state index is 0.00186. The maximum atomic E-state index is 11.8. The standard InChI is InChI=1S/C14H14N2O5S/c1-11-2-4-12(5-3-11)10-15-22(19,20)21-14-8-6-13(7-9-14)16(17)18/h2-9,15H,10H2,1H3. The highest BCUT2D eigenvalue weighted by molar-refractivity contribution is 7.85. The Kier molecular flexibility index (Phi) is 4.74. The fourth-order valence-corrected chi connectivity index (χ4v) is 2.42. The summed E-state index contributed by atoms with van der Waals surface area (Å²) < 4.78 is 30.7. The van der Waals surface area contributed by atoms with E-state index in [2.05, 4.69) is 4.72 Å². The van der Waals surface area contributed by atoms with Crippen LogP contribution in [0, 0.1) is 17.0 Å². The number of nitrogens with zero attached hydrogens (tertiary/aromatic N) is 1. The van der Waals surface area contributed by atoms with Crippen LogP contribution in [0.3, 0.4) is 0 Å². The quantitative estimate of drug-likeness (QED) is 0.650. The van der Waals surface area contributed by atoms with Crippen LogP contribution in [0.4, 0.5) is 5.69 Å². The summed E-state index contributed by atoms with van der Waals surface area (Å²) in [6.45, 7) is 2.03. The molecule has 0 heterocycles. The van der Waals surface area contributed by atoms with Crippen molar-refractivity contribution in [3.05, 3.63) is 69.8 Å². The Morgan fingerprint density at radius 3 is 2.23 bits per heavy atom. The van der Waals surface area contributed by atoms with Gasteiger partial charge in [0.05, 0.1) is 4.92 Å². The lowest BCUT2D eigenvalue weighted by molar-refractivity contribution is -0.384. The Hall–Kier alpha value is -2.45. The monoisotopic (exact) mass is 322 g/mol. The summed E-state index contributed by atoms with van der Waals surface area (Å²) >= 11 is 0. The molecule has 116 valence electrons. The fourth-order valence-electron chi connectivity index (χ4n) is 1.66. The molecule has 0 saturated heterocycles. The van der Waals surface area contributed by atoms with Gasteiger partial charge in [-0.25, -0.2) is 0 Å². The van der Waals surface area contributed by atoms with Crippen molar-refractivity contribution in [1.29, 1.82) is 0 Å². The number of benzene rings is 2. The van der Waals surface area contributed by atoms with E-state index in [-0.39, 0.29) is 18.0 Å². The van der Waals surface area contributed by atoms with Crippen LogP contribution < -0.4 is 8.91 Å². The van der Waals surface area contributed by atoms with Crippen molar-refractivity contribution in [3.8, 4) is 5.75 Å². The zero-order valence-corrected chi connectivity index (χ0v) is 12.5. The highest BCUT2D eigenvalue weighted by Crippen LogP contribution is 2.18. The van der Waals surface area contributed by atoms with E-state index in [1.807, 2.05) is 31.2 Å². The molecule has 0 saturated carbocycles. The van der Waals surface area contributed by atoms with Crippen LogP contribution in [0.1, 0.15) is 11.1 Å². The normalized spacial score (nSPS) is 11.1. The Morgan fingerprint density at radius 1 is 1.09 bits per heavy atom. The van der Waals surface area contributed by atoms with E-state index in [1.165, 1.54) is 24.3 Å². The van der Waals surface area contributed by atoms with Crippen LogP contribution in [0.25, 0.3) is 0 Å². The smallest absolute Gasteiger partial charge is 0.371 e. The zero-order chi connectivity index (χ0) is 16.2. The number of nitro benzene ring substituents is 1. The SMILES string of the molecule is Cc1ccc(CNS(=O)(=O)Oc2ccc([N+](=O)[O-])cc2)cc1. The van der Waals surface area contributed by atoms with E-state index in [0.29, 0.717) is 0 Å². The molecule has 0 bridgehead atoms. The van der Waals surface area contributed by atoms with Gasteiger partial charge in [0.2, 0.25) is 0 Å². The lowest BCUT2D eigenvalue weighted by atomic mass is 10.2. The molecule has 2 aromatic rings. The van der Waals surface area contributed by atoms with Crippen LogP contribution in [-0.2, 0) is 16.8 Å². The molecule has 0 radical (unpaired) electrons. The van der Waals surface area contributed by atoms with Crippen LogP contribution in [0.15, 0.2) is 48.5 Å². The third-order valence-corrected chi connectivity index (χ3v) is 3.74. The lowest BCUT2D eigenvalue weighted by Crippen LogP contribution is -2.27. The number of nitro groups is 1. The molecular weight excluding hydrogens is 308 g/mol. The zero-order valence-electron chi connectivity index (χ0n) is 11.7. The first-order chi connectivity index (χ1) is 10.4. The molecule has 0 fully saturated rings. The first-order valence-corrected chi connectivity index (χ1v) is 7.76. The average Bonchev–Trinajstić information content (AvgIpc) is 2.47. The molecule has 0 amide bonds. The summed E-state index contributed by atoms with van der Waals surface area (Å²) in [6.07, 6.45) is 0. The van der Waals surface area contributed by atoms with Crippen molar-refractivity contribution in [2.45, 2.75) is 13.5 Å². The topological polar surface area (TPSA) is 98.5 Å². The summed E-state index contributed by atoms with van der Waals surface area (Å²) in [5.41, 5.74) is 1.73. The van der Waals surface area contributed by atoms with Gasteiger partial charge in [0.25, 0.3) is 5.69 Å². The second kappa shape index (κ2) is 6.54. The molecule has 2 aromatic carbocycles. The van der Waals surface area contributed by atoms with E-state index in [1.54, 1.807) is 0 Å². The Bertz CT molecular complexity index is 755. The highest BCUT2D eigenvalue weighted by Gasteiger charge is 2.13. The van der Waals surface area contributed by atoms with Crippen LogP contribution >= 0.6 is 0 Å². The molecule has 0 aromatic heterocycles. The molecule has 2 rings (SSSR count). The van der Waals surface area contributed by atoms with Crippen LogP contribution in [-0.4, -0.2) is 13.3 Å². The van der Waals surface area contributed by atoms with Gasteiger partial charge in [-0.3, -0.25) is 10.1 Å². The Balaban J connectivity index is 1.98. The second-order valence-electron chi connectivity index (χ2n) is 4.60. The molecule has 8 heteroatoms. The summed E-state index contributed by atoms with van der Waals surface area (Å²) in [5.74, 6) is 0.00186. The summed E-state index contributed by atoms with van der Waals surface area (Å²) in [6, 6.07) is 12.2. The molecular formula is C14H14N2O5S.